The fourth-order valence-electron chi connectivity index (χ4n) is 0.793. The van der Waals surface area contributed by atoms with Gasteiger partial charge in [-0.25, -0.2) is 4.85 Å². The van der Waals surface area contributed by atoms with Crippen LogP contribution in [0.15, 0.2) is 24.4 Å². The summed E-state index contributed by atoms with van der Waals surface area (Å²) in [7, 11) is 0. The molecular formula is C9H7NO2. The second kappa shape index (κ2) is 3.44. The minimum atomic E-state index is 0.0488. The van der Waals surface area contributed by atoms with Crippen molar-refractivity contribution in [3.05, 3.63) is 41.4 Å². The molecule has 0 aromatic heterocycles. The molecule has 0 atom stereocenters. The summed E-state index contributed by atoms with van der Waals surface area (Å²) in [5, 5.41) is 18.2. The lowest BCUT2D eigenvalue weighted by atomic mass is 10.2. The van der Waals surface area contributed by atoms with Crippen molar-refractivity contribution in [1.82, 2.24) is 0 Å². The van der Waals surface area contributed by atoms with Crippen LogP contribution in [-0.4, -0.2) is 10.2 Å². The normalized spacial score (nSPS) is 9.92. The number of phenols is 2. The Kier molecular flexibility index (Phi) is 2.34. The van der Waals surface area contributed by atoms with Gasteiger partial charge in [-0.3, -0.25) is 0 Å². The summed E-state index contributed by atoms with van der Waals surface area (Å²) in [6.07, 6.45) is 2.65. The third kappa shape index (κ3) is 1.77. The number of benzene rings is 1. The number of hydrogen-bond donors (Lipinski definition) is 2. The van der Waals surface area contributed by atoms with Crippen LogP contribution in [-0.2, 0) is 0 Å². The first-order valence-corrected chi connectivity index (χ1v) is 3.29. The van der Waals surface area contributed by atoms with Gasteiger partial charge in [-0.15, -0.1) is 0 Å². The highest BCUT2D eigenvalue weighted by molar-refractivity contribution is 5.59. The van der Waals surface area contributed by atoms with Gasteiger partial charge in [0.2, 0.25) is 0 Å². The van der Waals surface area contributed by atoms with E-state index in [4.69, 9.17) is 11.7 Å². The van der Waals surface area contributed by atoms with E-state index in [0.29, 0.717) is 5.56 Å². The van der Waals surface area contributed by atoms with Gasteiger partial charge in [0.1, 0.15) is 11.5 Å². The van der Waals surface area contributed by atoms with Crippen molar-refractivity contribution in [3.8, 4) is 11.5 Å². The molecule has 0 bridgehead atoms. The van der Waals surface area contributed by atoms with Crippen LogP contribution in [0, 0.1) is 6.57 Å². The topological polar surface area (TPSA) is 44.8 Å². The summed E-state index contributed by atoms with van der Waals surface area (Å²) >= 11 is 0. The average molecular weight is 161 g/mol. The zero-order valence-electron chi connectivity index (χ0n) is 6.23. The molecule has 0 spiro atoms. The van der Waals surface area contributed by atoms with Crippen LogP contribution in [0.1, 0.15) is 5.56 Å². The highest BCUT2D eigenvalue weighted by atomic mass is 16.3. The molecule has 12 heavy (non-hydrogen) atoms. The molecule has 0 unspecified atom stereocenters. The monoisotopic (exact) mass is 161 g/mol. The van der Waals surface area contributed by atoms with E-state index in [2.05, 4.69) is 4.85 Å². The summed E-state index contributed by atoms with van der Waals surface area (Å²) in [6.45, 7) is 6.47. The standard InChI is InChI=1S/C9H7NO2/c1-10-5-4-7-6-8(11)2-3-9(7)12/h2-6,11-12H. The third-order valence-electron chi connectivity index (χ3n) is 1.34. The lowest BCUT2D eigenvalue weighted by Crippen LogP contribution is -1.73. The average Bonchev–Trinajstić information content (AvgIpc) is 2.07. The van der Waals surface area contributed by atoms with Gasteiger partial charge in [0.15, 0.2) is 6.20 Å². The first-order chi connectivity index (χ1) is 5.74. The zero-order valence-corrected chi connectivity index (χ0v) is 6.23. The van der Waals surface area contributed by atoms with Crippen molar-refractivity contribution in [2.24, 2.45) is 0 Å². The van der Waals surface area contributed by atoms with Gasteiger partial charge < -0.3 is 10.2 Å². The highest BCUT2D eigenvalue weighted by Gasteiger charge is 1.96. The van der Waals surface area contributed by atoms with Gasteiger partial charge in [-0.1, -0.05) is 6.08 Å². The van der Waals surface area contributed by atoms with E-state index in [-0.39, 0.29) is 11.5 Å². The van der Waals surface area contributed by atoms with E-state index < -0.39 is 0 Å². The maximum absolute atomic E-state index is 9.20. The summed E-state index contributed by atoms with van der Waals surface area (Å²) in [4.78, 5) is 2.98. The predicted molar refractivity (Wildman–Crippen MR) is 45.4 cm³/mol. The van der Waals surface area contributed by atoms with Crippen LogP contribution >= 0.6 is 0 Å². The van der Waals surface area contributed by atoms with Crippen LogP contribution in [0.5, 0.6) is 11.5 Å². The number of nitrogens with zero attached hydrogens (tertiary/aromatic N) is 1. The van der Waals surface area contributed by atoms with Crippen LogP contribution < -0.4 is 0 Å². The second-order valence-corrected chi connectivity index (χ2v) is 2.19. The maximum atomic E-state index is 9.20. The Labute approximate surface area is 70.0 Å². The largest absolute Gasteiger partial charge is 0.508 e. The molecule has 0 radical (unpaired) electrons. The zero-order chi connectivity index (χ0) is 8.97. The van der Waals surface area contributed by atoms with E-state index in [1.807, 2.05) is 0 Å². The number of phenolic OH excluding ortho intramolecular Hbond substituents is 2. The van der Waals surface area contributed by atoms with Crippen molar-refractivity contribution >= 4 is 6.08 Å². The fraction of sp³-hybridized carbons (Fsp3) is 0. The van der Waals surface area contributed by atoms with Crippen molar-refractivity contribution in [1.29, 1.82) is 0 Å². The first-order valence-electron chi connectivity index (χ1n) is 3.29. The molecule has 0 fully saturated rings. The molecule has 1 rings (SSSR count). The molecule has 0 heterocycles. The van der Waals surface area contributed by atoms with Gasteiger partial charge in [-0.2, -0.15) is 0 Å². The van der Waals surface area contributed by atoms with Crippen molar-refractivity contribution in [3.63, 3.8) is 0 Å². The third-order valence-corrected chi connectivity index (χ3v) is 1.34. The van der Waals surface area contributed by atoms with Gasteiger partial charge in [-0.05, 0) is 18.2 Å². The SMILES string of the molecule is [C-]#[N+]C=Cc1cc(O)ccc1O. The van der Waals surface area contributed by atoms with E-state index in [1.54, 1.807) is 0 Å². The number of aromatic hydroxyl groups is 2. The summed E-state index contributed by atoms with van der Waals surface area (Å²) in [5.74, 6) is 0.116. The molecule has 1 aromatic carbocycles. The van der Waals surface area contributed by atoms with Crippen LogP contribution in [0.25, 0.3) is 10.9 Å². The molecule has 60 valence electrons. The lowest BCUT2D eigenvalue weighted by molar-refractivity contribution is 0.459. The van der Waals surface area contributed by atoms with Crippen molar-refractivity contribution < 1.29 is 10.2 Å². The molecule has 0 aliphatic rings. The summed E-state index contributed by atoms with van der Waals surface area (Å²) in [6, 6.07) is 4.14. The Morgan fingerprint density at radius 3 is 2.75 bits per heavy atom. The minimum Gasteiger partial charge on any atom is -0.508 e. The lowest BCUT2D eigenvalue weighted by Gasteiger charge is -1.98. The van der Waals surface area contributed by atoms with Crippen LogP contribution in [0.2, 0.25) is 0 Å². The number of rotatable bonds is 1. The molecule has 3 heteroatoms. The Morgan fingerprint density at radius 2 is 2.08 bits per heavy atom. The first kappa shape index (κ1) is 8.15. The van der Waals surface area contributed by atoms with Crippen LogP contribution in [0.4, 0.5) is 0 Å². The molecule has 1 aromatic rings. The van der Waals surface area contributed by atoms with Crippen molar-refractivity contribution in [2.75, 3.05) is 0 Å². The molecular weight excluding hydrogens is 154 g/mol. The molecule has 2 N–H and O–H groups in total. The van der Waals surface area contributed by atoms with E-state index in [9.17, 15) is 5.11 Å². The Balaban J connectivity index is 3.07. The molecule has 3 nitrogen and oxygen atoms in total. The van der Waals surface area contributed by atoms with E-state index >= 15 is 0 Å². The Bertz CT molecular complexity index is 350. The quantitative estimate of drug-likeness (QED) is 0.488. The molecule has 0 saturated carbocycles. The molecule has 0 aliphatic carbocycles. The van der Waals surface area contributed by atoms with Crippen LogP contribution in [0.3, 0.4) is 0 Å². The van der Waals surface area contributed by atoms with E-state index in [0.717, 1.165) is 0 Å². The Morgan fingerprint density at radius 1 is 1.33 bits per heavy atom. The number of hydrogen-bond acceptors (Lipinski definition) is 2. The van der Waals surface area contributed by atoms with E-state index in [1.165, 1.54) is 30.5 Å². The molecule has 0 aliphatic heterocycles. The minimum absolute atomic E-state index is 0.0488. The predicted octanol–water partition coefficient (Wildman–Crippen LogP) is 1.99. The smallest absolute Gasteiger partial charge is 0.154 e. The van der Waals surface area contributed by atoms with Gasteiger partial charge in [0, 0.05) is 5.56 Å². The Hall–Kier alpha value is -1.95. The second-order valence-electron chi connectivity index (χ2n) is 2.19. The summed E-state index contributed by atoms with van der Waals surface area (Å²) < 4.78 is 0. The van der Waals surface area contributed by atoms with Gasteiger partial charge >= 0.3 is 0 Å². The van der Waals surface area contributed by atoms with Gasteiger partial charge in [0.25, 0.3) is 0 Å². The van der Waals surface area contributed by atoms with Gasteiger partial charge in [0.05, 0.1) is 6.57 Å². The molecule has 0 saturated heterocycles. The maximum Gasteiger partial charge on any atom is 0.154 e. The highest BCUT2D eigenvalue weighted by Crippen LogP contribution is 2.22. The fourth-order valence-corrected chi connectivity index (χ4v) is 0.793. The van der Waals surface area contributed by atoms with Crippen molar-refractivity contribution in [2.45, 2.75) is 0 Å². The molecule has 0 amide bonds. The summed E-state index contributed by atoms with van der Waals surface area (Å²) in [5.41, 5.74) is 0.436.